The molecule has 1 aliphatic rings. The predicted molar refractivity (Wildman–Crippen MR) is 122 cm³/mol. The molecule has 164 valence electrons. The number of morpholine rings is 1. The lowest BCUT2D eigenvalue weighted by Gasteiger charge is -2.39. The van der Waals surface area contributed by atoms with E-state index in [0.29, 0.717) is 18.5 Å². The van der Waals surface area contributed by atoms with Gasteiger partial charge in [-0.25, -0.2) is 9.98 Å². The van der Waals surface area contributed by atoms with E-state index in [1.165, 1.54) is 12.8 Å². The zero-order valence-corrected chi connectivity index (χ0v) is 18.9. The number of ether oxygens (including phenoxy) is 1. The highest BCUT2D eigenvalue weighted by Crippen LogP contribution is 2.19. The van der Waals surface area contributed by atoms with Crippen LogP contribution in [0.1, 0.15) is 39.2 Å². The van der Waals surface area contributed by atoms with Crippen LogP contribution in [0.5, 0.6) is 0 Å². The van der Waals surface area contributed by atoms with Crippen molar-refractivity contribution in [3.63, 3.8) is 0 Å². The number of pyridine rings is 1. The normalized spacial score (nSPS) is 16.7. The van der Waals surface area contributed by atoms with E-state index in [9.17, 15) is 0 Å². The molecule has 1 aromatic rings. The Hall–Kier alpha value is -1.86. The Balaban J connectivity index is 2.04. The number of nitrogens with one attached hydrogen (secondary N) is 2. The molecule has 0 saturated carbocycles. The van der Waals surface area contributed by atoms with Gasteiger partial charge < -0.3 is 20.3 Å². The summed E-state index contributed by atoms with van der Waals surface area (Å²) in [4.78, 5) is 13.8. The number of anilines is 1. The first kappa shape index (κ1) is 23.4. The minimum atomic E-state index is 0.499. The van der Waals surface area contributed by atoms with Crippen LogP contribution in [-0.2, 0) is 11.3 Å². The highest BCUT2D eigenvalue weighted by atomic mass is 16.5. The first-order chi connectivity index (χ1) is 14.1. The molecule has 7 heteroatoms. The molecular formula is C22H40N6O. The molecule has 0 spiro atoms. The second-order valence-corrected chi connectivity index (χ2v) is 7.79. The second kappa shape index (κ2) is 12.6. The first-order valence-corrected chi connectivity index (χ1v) is 11.0. The van der Waals surface area contributed by atoms with Crippen LogP contribution in [0.25, 0.3) is 0 Å². The molecule has 1 atom stereocenters. The topological polar surface area (TPSA) is 65.0 Å². The Morgan fingerprint density at radius 2 is 1.93 bits per heavy atom. The predicted octanol–water partition coefficient (Wildman–Crippen LogP) is 2.34. The van der Waals surface area contributed by atoms with Crippen LogP contribution in [0, 0.1) is 5.92 Å². The van der Waals surface area contributed by atoms with Crippen LogP contribution < -0.4 is 15.5 Å². The van der Waals surface area contributed by atoms with Crippen LogP contribution in [0.2, 0.25) is 0 Å². The highest BCUT2D eigenvalue weighted by molar-refractivity contribution is 5.79. The Morgan fingerprint density at radius 3 is 2.55 bits per heavy atom. The molecule has 0 aliphatic carbocycles. The lowest BCUT2D eigenvalue weighted by Crippen LogP contribution is -2.53. The molecule has 7 nitrogen and oxygen atoms in total. The molecule has 2 N–H and O–H groups in total. The van der Waals surface area contributed by atoms with Crippen molar-refractivity contribution in [1.82, 2.24) is 20.5 Å². The van der Waals surface area contributed by atoms with Crippen LogP contribution in [0.15, 0.2) is 23.3 Å². The molecule has 0 bridgehead atoms. The first-order valence-electron chi connectivity index (χ1n) is 11.0. The van der Waals surface area contributed by atoms with Crippen LogP contribution in [-0.4, -0.2) is 75.4 Å². The quantitative estimate of drug-likeness (QED) is 0.461. The van der Waals surface area contributed by atoms with E-state index in [-0.39, 0.29) is 0 Å². The van der Waals surface area contributed by atoms with E-state index in [4.69, 9.17) is 9.73 Å². The number of guanidine groups is 1. The third kappa shape index (κ3) is 7.48. The summed E-state index contributed by atoms with van der Waals surface area (Å²) in [7, 11) is 4.01. The van der Waals surface area contributed by atoms with Gasteiger partial charge in [0.05, 0.1) is 19.8 Å². The standard InChI is InChI=1S/C22H40N6O/c1-6-19(7-2)20(28-11-13-29-14-12-28)17-26-22(23-8-3)25-16-18-9-10-24-21(15-18)27(4)5/h9-10,15,19-20H,6-8,11-14,16-17H2,1-5H3,(H2,23,25,26). The fraction of sp³-hybridized carbons (Fsp3) is 0.727. The number of hydrogen-bond acceptors (Lipinski definition) is 5. The molecule has 0 radical (unpaired) electrons. The summed E-state index contributed by atoms with van der Waals surface area (Å²) in [5, 5.41) is 7.00. The van der Waals surface area contributed by atoms with Crippen molar-refractivity contribution in [1.29, 1.82) is 0 Å². The van der Waals surface area contributed by atoms with E-state index in [1.807, 2.05) is 31.3 Å². The van der Waals surface area contributed by atoms with Gasteiger partial charge in [0, 0.05) is 52.5 Å². The van der Waals surface area contributed by atoms with E-state index < -0.39 is 0 Å². The lowest BCUT2D eigenvalue weighted by molar-refractivity contribution is 0.00272. The van der Waals surface area contributed by atoms with Crippen molar-refractivity contribution in [2.75, 3.05) is 58.4 Å². The van der Waals surface area contributed by atoms with Crippen LogP contribution in [0.4, 0.5) is 5.82 Å². The third-order valence-electron chi connectivity index (χ3n) is 5.62. The molecule has 29 heavy (non-hydrogen) atoms. The van der Waals surface area contributed by atoms with Crippen molar-refractivity contribution in [2.24, 2.45) is 10.9 Å². The van der Waals surface area contributed by atoms with Crippen molar-refractivity contribution in [2.45, 2.75) is 46.2 Å². The smallest absolute Gasteiger partial charge is 0.191 e. The van der Waals surface area contributed by atoms with Gasteiger partial charge in [-0.1, -0.05) is 26.7 Å². The Labute approximate surface area is 176 Å². The van der Waals surface area contributed by atoms with Crippen molar-refractivity contribution in [3.8, 4) is 0 Å². The summed E-state index contributed by atoms with van der Waals surface area (Å²) < 4.78 is 5.57. The Morgan fingerprint density at radius 1 is 1.21 bits per heavy atom. The molecule has 2 heterocycles. The number of nitrogens with zero attached hydrogens (tertiary/aromatic N) is 4. The van der Waals surface area contributed by atoms with Gasteiger partial charge in [-0.3, -0.25) is 4.90 Å². The summed E-state index contributed by atoms with van der Waals surface area (Å²) in [6, 6.07) is 4.62. The van der Waals surface area contributed by atoms with Gasteiger partial charge in [0.2, 0.25) is 0 Å². The van der Waals surface area contributed by atoms with Gasteiger partial charge in [-0.05, 0) is 30.5 Å². The molecule has 1 fully saturated rings. The summed E-state index contributed by atoms with van der Waals surface area (Å²) in [5.74, 6) is 2.50. The summed E-state index contributed by atoms with van der Waals surface area (Å²) in [5.41, 5.74) is 1.16. The monoisotopic (exact) mass is 404 g/mol. The Bertz CT molecular complexity index is 611. The minimum absolute atomic E-state index is 0.499. The molecule has 1 aliphatic heterocycles. The highest BCUT2D eigenvalue weighted by Gasteiger charge is 2.27. The zero-order chi connectivity index (χ0) is 21.1. The van der Waals surface area contributed by atoms with Gasteiger partial charge >= 0.3 is 0 Å². The maximum absolute atomic E-state index is 5.57. The van der Waals surface area contributed by atoms with E-state index in [0.717, 1.165) is 56.7 Å². The molecule has 0 amide bonds. The summed E-state index contributed by atoms with van der Waals surface area (Å²) in [6.45, 7) is 12.8. The number of aromatic nitrogens is 1. The lowest BCUT2D eigenvalue weighted by atomic mass is 9.92. The van der Waals surface area contributed by atoms with E-state index in [1.54, 1.807) is 0 Å². The van der Waals surface area contributed by atoms with Crippen LogP contribution >= 0.6 is 0 Å². The third-order valence-corrected chi connectivity index (χ3v) is 5.62. The molecule has 1 unspecified atom stereocenters. The number of hydrogen-bond donors (Lipinski definition) is 2. The number of rotatable bonds is 10. The maximum atomic E-state index is 5.57. The fourth-order valence-electron chi connectivity index (χ4n) is 3.85. The van der Waals surface area contributed by atoms with Crippen LogP contribution in [0.3, 0.4) is 0 Å². The Kier molecular flexibility index (Phi) is 10.2. The van der Waals surface area contributed by atoms with Crippen molar-refractivity contribution < 1.29 is 4.74 Å². The van der Waals surface area contributed by atoms with Gasteiger partial charge in [0.15, 0.2) is 5.96 Å². The van der Waals surface area contributed by atoms with Gasteiger partial charge in [-0.2, -0.15) is 0 Å². The molecular weight excluding hydrogens is 364 g/mol. The average Bonchev–Trinajstić information content (AvgIpc) is 2.75. The fourth-order valence-corrected chi connectivity index (χ4v) is 3.85. The number of aliphatic imine (C=N–C) groups is 1. The van der Waals surface area contributed by atoms with Gasteiger partial charge in [-0.15, -0.1) is 0 Å². The van der Waals surface area contributed by atoms with E-state index in [2.05, 4.69) is 47.4 Å². The van der Waals surface area contributed by atoms with E-state index >= 15 is 0 Å². The minimum Gasteiger partial charge on any atom is -0.379 e. The zero-order valence-electron chi connectivity index (χ0n) is 18.9. The second-order valence-electron chi connectivity index (χ2n) is 7.79. The molecule has 1 saturated heterocycles. The van der Waals surface area contributed by atoms with Gasteiger partial charge in [0.25, 0.3) is 0 Å². The summed E-state index contributed by atoms with van der Waals surface area (Å²) in [6.07, 6.45) is 4.23. The van der Waals surface area contributed by atoms with Crippen molar-refractivity contribution >= 4 is 11.8 Å². The average molecular weight is 405 g/mol. The maximum Gasteiger partial charge on any atom is 0.191 e. The SMILES string of the molecule is CCNC(=NCc1ccnc(N(C)C)c1)NCC(C(CC)CC)N1CCOCC1. The largest absolute Gasteiger partial charge is 0.379 e. The van der Waals surface area contributed by atoms with Gasteiger partial charge in [0.1, 0.15) is 5.82 Å². The summed E-state index contributed by atoms with van der Waals surface area (Å²) >= 11 is 0. The van der Waals surface area contributed by atoms with Crippen molar-refractivity contribution in [3.05, 3.63) is 23.9 Å². The molecule has 0 aromatic carbocycles. The molecule has 1 aromatic heterocycles. The molecule has 2 rings (SSSR count).